The molecule has 0 aliphatic rings. The summed E-state index contributed by atoms with van der Waals surface area (Å²) in [6.07, 6.45) is 0.600. The van der Waals surface area contributed by atoms with Crippen molar-refractivity contribution in [3.63, 3.8) is 0 Å². The summed E-state index contributed by atoms with van der Waals surface area (Å²) in [5.74, 6) is 0.867. The number of aryl methyl sites for hydroxylation is 1. The maximum atomic E-state index is 5.73. The van der Waals surface area contributed by atoms with Crippen LogP contribution in [0.25, 0.3) is 0 Å². The van der Waals surface area contributed by atoms with Gasteiger partial charge in [-0.3, -0.25) is 5.73 Å². The van der Waals surface area contributed by atoms with Crippen LogP contribution in [0.4, 0.5) is 5.69 Å². The Kier molecular flexibility index (Phi) is 4.43. The number of ether oxygens (including phenoxy) is 1. The number of anilines is 1. The van der Waals surface area contributed by atoms with Gasteiger partial charge in [-0.15, -0.1) is 0 Å². The first-order valence-corrected chi connectivity index (χ1v) is 5.44. The Morgan fingerprint density at radius 3 is 2.67 bits per heavy atom. The van der Waals surface area contributed by atoms with Crippen LogP contribution in [-0.4, -0.2) is 12.8 Å². The molecule has 0 radical (unpaired) electrons. The minimum absolute atomic E-state index is 0.214. The molecule has 1 unspecified atom stereocenters. The molecule has 0 bridgehead atoms. The Hall–Kier alpha value is -1.22. The summed E-state index contributed by atoms with van der Waals surface area (Å²) in [4.78, 5) is 0. The second-order valence-corrected chi connectivity index (χ2v) is 3.58. The molecular formula is C12H20N2O. The smallest absolute Gasteiger partial charge is 0.147 e. The van der Waals surface area contributed by atoms with E-state index in [-0.39, 0.29) is 6.23 Å². The van der Waals surface area contributed by atoms with Crippen LogP contribution in [0, 0.1) is 6.92 Å². The standard InChI is InChI=1S/C12H20N2O/c1-4-12(13)15-11-7-6-10(14-5-2)8-9(11)3/h6-8,12,14H,4-5,13H2,1-3H3. The lowest BCUT2D eigenvalue weighted by molar-refractivity contribution is 0.204. The lowest BCUT2D eigenvalue weighted by Gasteiger charge is -2.15. The monoisotopic (exact) mass is 208 g/mol. The number of hydrogen-bond acceptors (Lipinski definition) is 3. The molecule has 1 atom stereocenters. The van der Waals surface area contributed by atoms with Crippen molar-refractivity contribution in [2.24, 2.45) is 5.73 Å². The molecule has 3 nitrogen and oxygen atoms in total. The molecule has 0 aliphatic carbocycles. The van der Waals surface area contributed by atoms with Gasteiger partial charge >= 0.3 is 0 Å². The fraction of sp³-hybridized carbons (Fsp3) is 0.500. The first kappa shape index (κ1) is 11.9. The average molecular weight is 208 g/mol. The van der Waals surface area contributed by atoms with Crippen molar-refractivity contribution in [1.82, 2.24) is 0 Å². The zero-order valence-electron chi connectivity index (χ0n) is 9.71. The third-order valence-electron chi connectivity index (χ3n) is 2.24. The van der Waals surface area contributed by atoms with Crippen LogP contribution in [0.3, 0.4) is 0 Å². The number of nitrogens with two attached hydrogens (primary N) is 1. The Morgan fingerprint density at radius 2 is 2.13 bits per heavy atom. The Labute approximate surface area is 91.6 Å². The highest BCUT2D eigenvalue weighted by Gasteiger charge is 2.04. The molecule has 0 saturated heterocycles. The van der Waals surface area contributed by atoms with E-state index in [9.17, 15) is 0 Å². The van der Waals surface area contributed by atoms with Gasteiger partial charge in [0, 0.05) is 12.2 Å². The van der Waals surface area contributed by atoms with Gasteiger partial charge in [0.15, 0.2) is 0 Å². The van der Waals surface area contributed by atoms with Gasteiger partial charge in [0.2, 0.25) is 0 Å². The van der Waals surface area contributed by atoms with Gasteiger partial charge in [0.25, 0.3) is 0 Å². The van der Waals surface area contributed by atoms with Crippen molar-refractivity contribution in [1.29, 1.82) is 0 Å². The molecule has 1 aromatic carbocycles. The van der Waals surface area contributed by atoms with E-state index in [4.69, 9.17) is 10.5 Å². The maximum Gasteiger partial charge on any atom is 0.147 e. The van der Waals surface area contributed by atoms with Crippen molar-refractivity contribution >= 4 is 5.69 Å². The summed E-state index contributed by atoms with van der Waals surface area (Å²) in [7, 11) is 0. The van der Waals surface area contributed by atoms with E-state index in [2.05, 4.69) is 18.3 Å². The first-order valence-electron chi connectivity index (χ1n) is 5.44. The number of rotatable bonds is 5. The minimum Gasteiger partial charge on any atom is -0.475 e. The summed E-state index contributed by atoms with van der Waals surface area (Å²) in [6.45, 7) is 7.03. The van der Waals surface area contributed by atoms with Crippen molar-refractivity contribution in [3.8, 4) is 5.75 Å². The zero-order valence-corrected chi connectivity index (χ0v) is 9.71. The molecule has 0 fully saturated rings. The van der Waals surface area contributed by atoms with E-state index in [0.717, 1.165) is 30.0 Å². The van der Waals surface area contributed by atoms with E-state index in [0.29, 0.717) is 0 Å². The third kappa shape index (κ3) is 3.44. The SMILES string of the molecule is CCNc1ccc(OC(N)CC)c(C)c1. The van der Waals surface area contributed by atoms with Crippen molar-refractivity contribution in [2.75, 3.05) is 11.9 Å². The summed E-state index contributed by atoms with van der Waals surface area (Å²) in [5.41, 5.74) is 7.96. The summed E-state index contributed by atoms with van der Waals surface area (Å²) in [6, 6.07) is 6.04. The number of hydrogen-bond donors (Lipinski definition) is 2. The molecule has 1 aromatic rings. The topological polar surface area (TPSA) is 47.3 Å². The maximum absolute atomic E-state index is 5.73. The van der Waals surface area contributed by atoms with Gasteiger partial charge in [-0.05, 0) is 44.0 Å². The van der Waals surface area contributed by atoms with Gasteiger partial charge in [0.05, 0.1) is 0 Å². The zero-order chi connectivity index (χ0) is 11.3. The van der Waals surface area contributed by atoms with Crippen molar-refractivity contribution in [3.05, 3.63) is 23.8 Å². The lowest BCUT2D eigenvalue weighted by Crippen LogP contribution is -2.26. The molecule has 3 N–H and O–H groups in total. The molecule has 0 spiro atoms. The Balaban J connectivity index is 2.74. The molecule has 0 saturated carbocycles. The van der Waals surface area contributed by atoms with E-state index in [1.165, 1.54) is 0 Å². The molecule has 0 aliphatic heterocycles. The second kappa shape index (κ2) is 5.61. The highest BCUT2D eigenvalue weighted by atomic mass is 16.5. The third-order valence-corrected chi connectivity index (χ3v) is 2.24. The molecule has 1 rings (SSSR count). The highest BCUT2D eigenvalue weighted by molar-refractivity contribution is 5.50. The molecule has 0 aromatic heterocycles. The molecule has 0 amide bonds. The van der Waals surface area contributed by atoms with Gasteiger partial charge in [-0.1, -0.05) is 6.92 Å². The fourth-order valence-corrected chi connectivity index (χ4v) is 1.34. The normalized spacial score (nSPS) is 12.3. The fourth-order valence-electron chi connectivity index (χ4n) is 1.34. The van der Waals surface area contributed by atoms with Crippen LogP contribution in [0.5, 0.6) is 5.75 Å². The van der Waals surface area contributed by atoms with Gasteiger partial charge in [-0.2, -0.15) is 0 Å². The summed E-state index contributed by atoms with van der Waals surface area (Å²) >= 11 is 0. The average Bonchev–Trinajstić information content (AvgIpc) is 2.22. The van der Waals surface area contributed by atoms with Crippen LogP contribution < -0.4 is 15.8 Å². The largest absolute Gasteiger partial charge is 0.475 e. The van der Waals surface area contributed by atoms with Crippen LogP contribution in [0.15, 0.2) is 18.2 Å². The van der Waals surface area contributed by atoms with E-state index in [1.54, 1.807) is 0 Å². The highest BCUT2D eigenvalue weighted by Crippen LogP contribution is 2.22. The molecular weight excluding hydrogens is 188 g/mol. The molecule has 15 heavy (non-hydrogen) atoms. The molecule has 0 heterocycles. The predicted octanol–water partition coefficient (Wildman–Crippen LogP) is 2.50. The number of nitrogens with one attached hydrogen (secondary N) is 1. The van der Waals surface area contributed by atoms with Gasteiger partial charge in [0.1, 0.15) is 12.0 Å². The first-order chi connectivity index (χ1) is 7.17. The Bertz CT molecular complexity index is 312. The van der Waals surface area contributed by atoms with Crippen LogP contribution in [-0.2, 0) is 0 Å². The Morgan fingerprint density at radius 1 is 1.40 bits per heavy atom. The van der Waals surface area contributed by atoms with Crippen molar-refractivity contribution in [2.45, 2.75) is 33.4 Å². The van der Waals surface area contributed by atoms with Gasteiger partial charge in [-0.25, -0.2) is 0 Å². The summed E-state index contributed by atoms with van der Waals surface area (Å²) < 4.78 is 5.58. The summed E-state index contributed by atoms with van der Waals surface area (Å²) in [5, 5.41) is 3.26. The minimum atomic E-state index is -0.214. The van der Waals surface area contributed by atoms with Gasteiger partial charge < -0.3 is 10.1 Å². The van der Waals surface area contributed by atoms with E-state index >= 15 is 0 Å². The van der Waals surface area contributed by atoms with Crippen LogP contribution in [0.2, 0.25) is 0 Å². The predicted molar refractivity (Wildman–Crippen MR) is 64.2 cm³/mol. The number of benzene rings is 1. The second-order valence-electron chi connectivity index (χ2n) is 3.58. The van der Waals surface area contributed by atoms with Crippen LogP contribution >= 0.6 is 0 Å². The molecule has 84 valence electrons. The lowest BCUT2D eigenvalue weighted by atomic mass is 10.2. The van der Waals surface area contributed by atoms with Crippen LogP contribution in [0.1, 0.15) is 25.8 Å². The quantitative estimate of drug-likeness (QED) is 0.731. The van der Waals surface area contributed by atoms with E-state index < -0.39 is 0 Å². The molecule has 3 heteroatoms. The van der Waals surface area contributed by atoms with Crippen molar-refractivity contribution < 1.29 is 4.74 Å². The van der Waals surface area contributed by atoms with E-state index in [1.807, 2.05) is 26.0 Å².